The van der Waals surface area contributed by atoms with Crippen molar-refractivity contribution >= 4 is 5.97 Å². The van der Waals surface area contributed by atoms with Gasteiger partial charge in [0.25, 0.3) is 5.95 Å². The zero-order valence-electron chi connectivity index (χ0n) is 6.05. The fourth-order valence-corrected chi connectivity index (χ4v) is 0.257. The Labute approximate surface area is 59.4 Å². The van der Waals surface area contributed by atoms with Gasteiger partial charge in [-0.2, -0.15) is 0 Å². The molecule has 0 unspecified atom stereocenters. The molecule has 0 aliphatic heterocycles. The normalized spacial score (nSPS) is 8.20. The van der Waals surface area contributed by atoms with Crippen LogP contribution in [0.4, 0.5) is 0 Å². The van der Waals surface area contributed by atoms with Gasteiger partial charge in [-0.15, -0.1) is 0 Å². The summed E-state index contributed by atoms with van der Waals surface area (Å²) in [6.07, 6.45) is 0. The molecule has 0 saturated heterocycles. The molecule has 0 atom stereocenters. The first-order valence-corrected chi connectivity index (χ1v) is 2.63. The van der Waals surface area contributed by atoms with Gasteiger partial charge in [-0.1, -0.05) is 0 Å². The molecule has 0 aromatic rings. The van der Waals surface area contributed by atoms with E-state index in [-0.39, 0.29) is 12.6 Å². The Morgan fingerprint density at radius 2 is 2.00 bits per heavy atom. The van der Waals surface area contributed by atoms with Crippen LogP contribution in [0.15, 0.2) is 12.5 Å². The first kappa shape index (κ1) is 8.81. The highest BCUT2D eigenvalue weighted by atomic mass is 16.7. The van der Waals surface area contributed by atoms with Crippen molar-refractivity contribution in [2.75, 3.05) is 20.8 Å². The van der Waals surface area contributed by atoms with Gasteiger partial charge in [0, 0.05) is 0 Å². The van der Waals surface area contributed by atoms with Gasteiger partial charge >= 0.3 is 5.97 Å². The number of carbonyl (C=O) groups is 1. The van der Waals surface area contributed by atoms with E-state index in [0.717, 1.165) is 0 Å². The molecule has 0 heterocycles. The van der Waals surface area contributed by atoms with Gasteiger partial charge in [-0.25, -0.2) is 4.79 Å². The predicted octanol–water partition coefficient (Wildman–Crippen LogP) is 0.294. The molecule has 58 valence electrons. The highest BCUT2D eigenvalue weighted by molar-refractivity contribution is 5.70. The van der Waals surface area contributed by atoms with E-state index in [1.165, 1.54) is 14.2 Å². The van der Waals surface area contributed by atoms with Gasteiger partial charge in [0.05, 0.1) is 14.2 Å². The Bertz CT molecular complexity index is 114. The summed E-state index contributed by atoms with van der Waals surface area (Å²) in [7, 11) is 2.68. The monoisotopic (exact) mass is 146 g/mol. The summed E-state index contributed by atoms with van der Waals surface area (Å²) in [5.74, 6) is -0.358. The van der Waals surface area contributed by atoms with Crippen LogP contribution in [0, 0.1) is 0 Å². The molecule has 0 aromatic carbocycles. The third-order valence-corrected chi connectivity index (χ3v) is 0.806. The van der Waals surface area contributed by atoms with Crippen molar-refractivity contribution in [3.8, 4) is 0 Å². The molecule has 0 aromatic heterocycles. The SMILES string of the molecule is C=C(OC)OCC(=O)OC. The summed E-state index contributed by atoms with van der Waals surface area (Å²) in [5, 5.41) is 0. The molecule has 0 saturated carbocycles. The smallest absolute Gasteiger partial charge is 0.344 e. The van der Waals surface area contributed by atoms with Crippen molar-refractivity contribution < 1.29 is 19.0 Å². The Morgan fingerprint density at radius 3 is 2.40 bits per heavy atom. The maximum atomic E-state index is 10.4. The Hall–Kier alpha value is -1.19. The van der Waals surface area contributed by atoms with Gasteiger partial charge < -0.3 is 14.2 Å². The number of esters is 1. The van der Waals surface area contributed by atoms with Gasteiger partial charge in [0.15, 0.2) is 6.61 Å². The molecular weight excluding hydrogens is 136 g/mol. The lowest BCUT2D eigenvalue weighted by atomic mass is 10.7. The number of hydrogen-bond donors (Lipinski definition) is 0. The van der Waals surface area contributed by atoms with Crippen molar-refractivity contribution in [2.45, 2.75) is 0 Å². The molecule has 0 N–H and O–H groups in total. The van der Waals surface area contributed by atoms with Crippen LogP contribution in [-0.4, -0.2) is 26.8 Å². The molecule has 10 heavy (non-hydrogen) atoms. The Balaban J connectivity index is 3.35. The number of rotatable bonds is 4. The van der Waals surface area contributed by atoms with Gasteiger partial charge in [0.2, 0.25) is 0 Å². The quantitative estimate of drug-likeness (QED) is 0.422. The second-order valence-corrected chi connectivity index (χ2v) is 1.44. The summed E-state index contributed by atoms with van der Waals surface area (Å²) in [6.45, 7) is 3.16. The summed E-state index contributed by atoms with van der Waals surface area (Å²) < 4.78 is 13.5. The maximum absolute atomic E-state index is 10.4. The van der Waals surface area contributed by atoms with Crippen LogP contribution >= 0.6 is 0 Å². The summed E-state index contributed by atoms with van der Waals surface area (Å²) >= 11 is 0. The van der Waals surface area contributed by atoms with Gasteiger partial charge in [0.1, 0.15) is 0 Å². The van der Waals surface area contributed by atoms with Crippen LogP contribution < -0.4 is 0 Å². The van der Waals surface area contributed by atoms with Crippen LogP contribution in [0.5, 0.6) is 0 Å². The molecule has 4 heteroatoms. The van der Waals surface area contributed by atoms with E-state index in [1.807, 2.05) is 0 Å². The molecule has 0 spiro atoms. The first-order valence-electron chi connectivity index (χ1n) is 2.63. The Morgan fingerprint density at radius 1 is 1.40 bits per heavy atom. The molecule has 0 bridgehead atoms. The lowest BCUT2D eigenvalue weighted by Gasteiger charge is -2.04. The molecule has 0 amide bonds. The van der Waals surface area contributed by atoms with Crippen LogP contribution in [0.3, 0.4) is 0 Å². The summed E-state index contributed by atoms with van der Waals surface area (Å²) in [6, 6.07) is 0. The number of carbonyl (C=O) groups excluding carboxylic acids is 1. The van der Waals surface area contributed by atoms with E-state index in [4.69, 9.17) is 0 Å². The third kappa shape index (κ3) is 3.77. The number of methoxy groups -OCH3 is 2. The number of hydrogen-bond acceptors (Lipinski definition) is 4. The molecular formula is C6H10O4. The number of ether oxygens (including phenoxy) is 3. The maximum Gasteiger partial charge on any atom is 0.344 e. The highest BCUT2D eigenvalue weighted by Crippen LogP contribution is 1.92. The van der Waals surface area contributed by atoms with Crippen LogP contribution in [0.25, 0.3) is 0 Å². The lowest BCUT2D eigenvalue weighted by Crippen LogP contribution is -2.09. The van der Waals surface area contributed by atoms with E-state index < -0.39 is 5.97 Å². The van der Waals surface area contributed by atoms with Crippen molar-refractivity contribution in [3.63, 3.8) is 0 Å². The van der Waals surface area contributed by atoms with Gasteiger partial charge in [-0.05, 0) is 6.58 Å². The second kappa shape index (κ2) is 4.67. The zero-order valence-corrected chi connectivity index (χ0v) is 6.05. The summed E-state index contributed by atoms with van der Waals surface area (Å²) in [5.41, 5.74) is 0. The average Bonchev–Trinajstić information content (AvgIpc) is 1.99. The fraction of sp³-hybridized carbons (Fsp3) is 0.500. The van der Waals surface area contributed by atoms with E-state index in [2.05, 4.69) is 20.8 Å². The molecule has 0 radical (unpaired) electrons. The topological polar surface area (TPSA) is 44.8 Å². The minimum Gasteiger partial charge on any atom is -0.469 e. The molecule has 0 rings (SSSR count). The van der Waals surface area contributed by atoms with Crippen molar-refractivity contribution in [3.05, 3.63) is 12.5 Å². The average molecular weight is 146 g/mol. The van der Waals surface area contributed by atoms with Crippen LogP contribution in [-0.2, 0) is 19.0 Å². The predicted molar refractivity (Wildman–Crippen MR) is 34.1 cm³/mol. The Kier molecular flexibility index (Phi) is 4.11. The largest absolute Gasteiger partial charge is 0.469 e. The summed E-state index contributed by atoms with van der Waals surface area (Å²) in [4.78, 5) is 10.4. The van der Waals surface area contributed by atoms with Gasteiger partial charge in [-0.3, -0.25) is 0 Å². The second-order valence-electron chi connectivity index (χ2n) is 1.44. The fourth-order valence-electron chi connectivity index (χ4n) is 0.257. The van der Waals surface area contributed by atoms with Crippen molar-refractivity contribution in [2.24, 2.45) is 0 Å². The highest BCUT2D eigenvalue weighted by Gasteiger charge is 2.00. The van der Waals surface area contributed by atoms with E-state index in [1.54, 1.807) is 0 Å². The standard InChI is InChI=1S/C6H10O4/c1-5(8-2)10-4-6(7)9-3/h1,4H2,2-3H3. The lowest BCUT2D eigenvalue weighted by molar-refractivity contribution is -0.146. The minimum atomic E-state index is -0.460. The minimum absolute atomic E-state index is 0.102. The first-order chi connectivity index (χ1) is 4.70. The molecule has 4 nitrogen and oxygen atoms in total. The molecule has 0 aliphatic rings. The van der Waals surface area contributed by atoms with E-state index in [0.29, 0.717) is 0 Å². The molecule has 0 aliphatic carbocycles. The van der Waals surface area contributed by atoms with E-state index >= 15 is 0 Å². The molecule has 0 fully saturated rings. The van der Waals surface area contributed by atoms with E-state index in [9.17, 15) is 4.79 Å². The van der Waals surface area contributed by atoms with Crippen LogP contribution in [0.1, 0.15) is 0 Å². The van der Waals surface area contributed by atoms with Crippen molar-refractivity contribution in [1.82, 2.24) is 0 Å². The third-order valence-electron chi connectivity index (χ3n) is 0.806. The van der Waals surface area contributed by atoms with Crippen LogP contribution in [0.2, 0.25) is 0 Å². The zero-order chi connectivity index (χ0) is 7.98. The van der Waals surface area contributed by atoms with Crippen molar-refractivity contribution in [1.29, 1.82) is 0 Å².